The van der Waals surface area contributed by atoms with E-state index in [-0.39, 0.29) is 17.2 Å². The zero-order valence-corrected chi connectivity index (χ0v) is 11.5. The Morgan fingerprint density at radius 1 is 1.42 bits per heavy atom. The number of carbonyl (C=O) groups excluding carboxylic acids is 1. The van der Waals surface area contributed by atoms with Crippen molar-refractivity contribution in [3.8, 4) is 0 Å². The SMILES string of the molecule is Cc1nc(C)c(CCNC(=O)c2ccc(=O)[nH]n2)s1. The minimum absolute atomic E-state index is 0.205. The van der Waals surface area contributed by atoms with Crippen molar-refractivity contribution in [1.82, 2.24) is 20.5 Å². The van der Waals surface area contributed by atoms with Gasteiger partial charge in [0.2, 0.25) is 0 Å². The first-order chi connectivity index (χ1) is 9.06. The maximum Gasteiger partial charge on any atom is 0.271 e. The Morgan fingerprint density at radius 2 is 2.21 bits per heavy atom. The Bertz CT molecular complexity index is 627. The molecule has 2 rings (SSSR count). The number of rotatable bonds is 4. The van der Waals surface area contributed by atoms with Crippen molar-refractivity contribution in [2.45, 2.75) is 20.3 Å². The molecule has 2 heterocycles. The summed E-state index contributed by atoms with van der Waals surface area (Å²) < 4.78 is 0. The number of carbonyl (C=O) groups is 1. The van der Waals surface area contributed by atoms with Crippen LogP contribution in [0.15, 0.2) is 16.9 Å². The van der Waals surface area contributed by atoms with Gasteiger partial charge < -0.3 is 5.32 Å². The summed E-state index contributed by atoms with van der Waals surface area (Å²) in [6, 6.07) is 2.68. The molecule has 0 fully saturated rings. The van der Waals surface area contributed by atoms with Crippen molar-refractivity contribution in [1.29, 1.82) is 0 Å². The van der Waals surface area contributed by atoms with Crippen LogP contribution in [0, 0.1) is 13.8 Å². The van der Waals surface area contributed by atoms with Gasteiger partial charge in [0.25, 0.3) is 11.5 Å². The molecule has 0 aliphatic carbocycles. The normalized spacial score (nSPS) is 10.4. The van der Waals surface area contributed by atoms with E-state index in [1.165, 1.54) is 17.0 Å². The summed E-state index contributed by atoms with van der Waals surface area (Å²) in [6.07, 6.45) is 0.742. The molecule has 7 heteroatoms. The fourth-order valence-electron chi connectivity index (χ4n) is 1.66. The highest BCUT2D eigenvalue weighted by molar-refractivity contribution is 7.11. The molecule has 0 spiro atoms. The largest absolute Gasteiger partial charge is 0.350 e. The molecule has 0 atom stereocenters. The standard InChI is InChI=1S/C12H14N4O2S/c1-7-10(19-8(2)14-7)5-6-13-12(18)9-3-4-11(17)16-15-9/h3-4H,5-6H2,1-2H3,(H,13,18)(H,16,17). The van der Waals surface area contributed by atoms with Crippen LogP contribution in [-0.4, -0.2) is 27.6 Å². The summed E-state index contributed by atoms with van der Waals surface area (Å²) >= 11 is 1.64. The fourth-order valence-corrected chi connectivity index (χ4v) is 2.59. The van der Waals surface area contributed by atoms with Gasteiger partial charge in [-0.05, 0) is 19.9 Å². The van der Waals surface area contributed by atoms with Crippen LogP contribution >= 0.6 is 11.3 Å². The second kappa shape index (κ2) is 5.75. The van der Waals surface area contributed by atoms with E-state index in [0.717, 1.165) is 17.1 Å². The molecule has 6 nitrogen and oxygen atoms in total. The molecule has 2 N–H and O–H groups in total. The smallest absolute Gasteiger partial charge is 0.271 e. The van der Waals surface area contributed by atoms with Crippen LogP contribution in [0.25, 0.3) is 0 Å². The average Bonchev–Trinajstić information content (AvgIpc) is 2.68. The predicted molar refractivity (Wildman–Crippen MR) is 72.5 cm³/mol. The number of nitrogens with zero attached hydrogens (tertiary/aromatic N) is 2. The number of thiazole rings is 1. The van der Waals surface area contributed by atoms with Gasteiger partial charge in [0.15, 0.2) is 0 Å². The van der Waals surface area contributed by atoms with Gasteiger partial charge in [0.1, 0.15) is 5.69 Å². The summed E-state index contributed by atoms with van der Waals surface area (Å²) in [7, 11) is 0. The van der Waals surface area contributed by atoms with Crippen LogP contribution in [0.2, 0.25) is 0 Å². The first-order valence-electron chi connectivity index (χ1n) is 5.83. The zero-order valence-electron chi connectivity index (χ0n) is 10.7. The minimum Gasteiger partial charge on any atom is -0.350 e. The number of hydrogen-bond donors (Lipinski definition) is 2. The van der Waals surface area contributed by atoms with E-state index in [0.29, 0.717) is 6.54 Å². The number of nitrogens with one attached hydrogen (secondary N) is 2. The Balaban J connectivity index is 1.89. The highest BCUT2D eigenvalue weighted by Crippen LogP contribution is 2.16. The van der Waals surface area contributed by atoms with Gasteiger partial charge in [-0.25, -0.2) is 10.1 Å². The summed E-state index contributed by atoms with van der Waals surface area (Å²) in [5, 5.41) is 9.68. The molecule has 19 heavy (non-hydrogen) atoms. The predicted octanol–water partition coefficient (Wildman–Crippen LogP) is 0.816. The Labute approximate surface area is 113 Å². The summed E-state index contributed by atoms with van der Waals surface area (Å²) in [4.78, 5) is 28.1. The first kappa shape index (κ1) is 13.4. The first-order valence-corrected chi connectivity index (χ1v) is 6.65. The number of hydrogen-bond acceptors (Lipinski definition) is 5. The second-order valence-electron chi connectivity index (χ2n) is 4.05. The summed E-state index contributed by atoms with van der Waals surface area (Å²) in [5.41, 5.74) is 0.892. The van der Waals surface area contributed by atoms with Gasteiger partial charge in [-0.15, -0.1) is 11.3 Å². The van der Waals surface area contributed by atoms with E-state index in [9.17, 15) is 9.59 Å². The van der Waals surface area contributed by atoms with E-state index in [4.69, 9.17) is 0 Å². The third-order valence-electron chi connectivity index (χ3n) is 2.55. The van der Waals surface area contributed by atoms with Gasteiger partial charge in [-0.2, -0.15) is 5.10 Å². The molecule has 0 aliphatic rings. The lowest BCUT2D eigenvalue weighted by molar-refractivity contribution is 0.0948. The van der Waals surface area contributed by atoms with Crippen molar-refractivity contribution in [2.75, 3.05) is 6.54 Å². The lowest BCUT2D eigenvalue weighted by Crippen LogP contribution is -2.27. The number of aromatic amines is 1. The molecular formula is C12H14N4O2S. The summed E-state index contributed by atoms with van der Waals surface area (Å²) in [6.45, 7) is 4.44. The molecule has 1 amide bonds. The van der Waals surface area contributed by atoms with E-state index in [2.05, 4.69) is 20.5 Å². The molecule has 2 aromatic heterocycles. The maximum atomic E-state index is 11.7. The van der Waals surface area contributed by atoms with Gasteiger partial charge in [-0.3, -0.25) is 9.59 Å². The van der Waals surface area contributed by atoms with Crippen molar-refractivity contribution in [2.24, 2.45) is 0 Å². The Morgan fingerprint density at radius 3 is 2.79 bits per heavy atom. The van der Waals surface area contributed by atoms with Crippen molar-refractivity contribution < 1.29 is 4.79 Å². The van der Waals surface area contributed by atoms with Gasteiger partial charge in [0, 0.05) is 23.9 Å². The average molecular weight is 278 g/mol. The topological polar surface area (TPSA) is 87.7 Å². The van der Waals surface area contributed by atoms with Crippen molar-refractivity contribution in [3.63, 3.8) is 0 Å². The zero-order chi connectivity index (χ0) is 13.8. The van der Waals surface area contributed by atoms with Crippen LogP contribution in [0.4, 0.5) is 0 Å². The highest BCUT2D eigenvalue weighted by atomic mass is 32.1. The number of amides is 1. The third kappa shape index (κ3) is 3.47. The molecule has 100 valence electrons. The van der Waals surface area contributed by atoms with Crippen LogP contribution in [0.3, 0.4) is 0 Å². The second-order valence-corrected chi connectivity index (χ2v) is 5.34. The van der Waals surface area contributed by atoms with Crippen LogP contribution in [-0.2, 0) is 6.42 Å². The molecule has 0 saturated heterocycles. The minimum atomic E-state index is -0.327. The lowest BCUT2D eigenvalue weighted by Gasteiger charge is -2.03. The molecule has 0 radical (unpaired) electrons. The third-order valence-corrected chi connectivity index (χ3v) is 3.68. The number of aryl methyl sites for hydroxylation is 2. The Hall–Kier alpha value is -2.02. The van der Waals surface area contributed by atoms with Crippen molar-refractivity contribution in [3.05, 3.63) is 43.8 Å². The summed E-state index contributed by atoms with van der Waals surface area (Å²) in [5.74, 6) is -0.296. The van der Waals surface area contributed by atoms with E-state index in [1.54, 1.807) is 11.3 Å². The monoisotopic (exact) mass is 278 g/mol. The van der Waals surface area contributed by atoms with Crippen molar-refractivity contribution >= 4 is 17.2 Å². The highest BCUT2D eigenvalue weighted by Gasteiger charge is 2.08. The van der Waals surface area contributed by atoms with E-state index >= 15 is 0 Å². The molecule has 0 aliphatic heterocycles. The number of H-pyrrole nitrogens is 1. The molecule has 0 aromatic carbocycles. The Kier molecular flexibility index (Phi) is 4.06. The number of aromatic nitrogens is 3. The molecule has 0 bridgehead atoms. The lowest BCUT2D eigenvalue weighted by atomic mass is 10.3. The van der Waals surface area contributed by atoms with Gasteiger partial charge in [0.05, 0.1) is 10.7 Å². The quantitative estimate of drug-likeness (QED) is 0.866. The molecule has 2 aromatic rings. The molecule has 0 saturated carbocycles. The molecule has 0 unspecified atom stereocenters. The van der Waals surface area contributed by atoms with Crippen LogP contribution in [0.5, 0.6) is 0 Å². The van der Waals surface area contributed by atoms with Crippen LogP contribution in [0.1, 0.15) is 26.1 Å². The van der Waals surface area contributed by atoms with Crippen LogP contribution < -0.4 is 10.9 Å². The van der Waals surface area contributed by atoms with E-state index < -0.39 is 0 Å². The molecular weight excluding hydrogens is 264 g/mol. The fraction of sp³-hybridized carbons (Fsp3) is 0.333. The maximum absolute atomic E-state index is 11.7. The van der Waals surface area contributed by atoms with E-state index in [1.807, 2.05) is 13.8 Å². The van der Waals surface area contributed by atoms with Gasteiger partial charge >= 0.3 is 0 Å². The van der Waals surface area contributed by atoms with Gasteiger partial charge in [-0.1, -0.05) is 0 Å².